The molecule has 2 heterocycles. The highest BCUT2D eigenvalue weighted by Gasteiger charge is 2.39. The summed E-state index contributed by atoms with van der Waals surface area (Å²) in [7, 11) is 2.20. The van der Waals surface area contributed by atoms with Crippen LogP contribution in [0.15, 0.2) is 12.1 Å². The molecule has 3 rings (SSSR count). The molecule has 1 aromatic carbocycles. The molecule has 0 bridgehead atoms. The van der Waals surface area contributed by atoms with Crippen molar-refractivity contribution < 1.29 is 8.78 Å². The number of hydrogen-bond donors (Lipinski definition) is 1. The predicted molar refractivity (Wildman–Crippen MR) is 93.0 cm³/mol. The maximum atomic E-state index is 13.9. The second kappa shape index (κ2) is 7.46. The number of nitrogens with zero attached hydrogens (tertiary/aromatic N) is 2. The zero-order chi connectivity index (χ0) is 17.3. The van der Waals surface area contributed by atoms with Crippen LogP contribution in [0.4, 0.5) is 8.78 Å². The van der Waals surface area contributed by atoms with Crippen LogP contribution in [0.1, 0.15) is 30.4 Å². The van der Waals surface area contributed by atoms with E-state index >= 15 is 0 Å². The number of likely N-dealkylation sites (tertiary alicyclic amines) is 2. The van der Waals surface area contributed by atoms with Gasteiger partial charge in [-0.3, -0.25) is 4.90 Å². The Labute approximate surface area is 143 Å². The number of rotatable bonds is 6. The number of benzene rings is 1. The van der Waals surface area contributed by atoms with Gasteiger partial charge in [0, 0.05) is 25.2 Å². The van der Waals surface area contributed by atoms with Gasteiger partial charge in [-0.25, -0.2) is 8.78 Å². The summed E-state index contributed by atoms with van der Waals surface area (Å²) in [4.78, 5) is 5.01. The van der Waals surface area contributed by atoms with Crippen LogP contribution in [0.5, 0.6) is 0 Å². The monoisotopic (exact) mass is 337 g/mol. The highest BCUT2D eigenvalue weighted by atomic mass is 19.1. The van der Waals surface area contributed by atoms with Crippen LogP contribution in [0.25, 0.3) is 0 Å². The lowest BCUT2D eigenvalue weighted by Gasteiger charge is -2.24. The summed E-state index contributed by atoms with van der Waals surface area (Å²) in [5.74, 6) is 0.126. The number of likely N-dealkylation sites (N-methyl/N-ethyl adjacent to an activating group) is 1. The predicted octanol–water partition coefficient (Wildman–Crippen LogP) is 2.56. The number of hydrogen-bond acceptors (Lipinski definition) is 3. The van der Waals surface area contributed by atoms with Gasteiger partial charge in [0.05, 0.1) is 0 Å². The fourth-order valence-corrected chi connectivity index (χ4v) is 4.32. The van der Waals surface area contributed by atoms with Gasteiger partial charge in [-0.15, -0.1) is 0 Å². The van der Waals surface area contributed by atoms with Crippen LogP contribution in [0, 0.1) is 24.5 Å². The summed E-state index contributed by atoms with van der Waals surface area (Å²) >= 11 is 0. The number of nitrogens with two attached hydrogens (primary N) is 1. The average Bonchev–Trinajstić information content (AvgIpc) is 3.05. The maximum absolute atomic E-state index is 13.9. The molecule has 2 aliphatic rings. The van der Waals surface area contributed by atoms with Crippen LogP contribution < -0.4 is 5.73 Å². The molecule has 3 nitrogen and oxygen atoms in total. The lowest BCUT2D eigenvalue weighted by molar-refractivity contribution is 0.229. The summed E-state index contributed by atoms with van der Waals surface area (Å²) in [6.07, 6.45) is 3.56. The smallest absolute Gasteiger partial charge is 0.126 e. The normalized spacial score (nSPS) is 26.0. The Hall–Kier alpha value is -1.04. The van der Waals surface area contributed by atoms with E-state index in [-0.39, 0.29) is 17.7 Å². The molecule has 1 aromatic rings. The van der Waals surface area contributed by atoms with Crippen LogP contribution in [0.3, 0.4) is 0 Å². The van der Waals surface area contributed by atoms with Crippen molar-refractivity contribution in [2.75, 3.05) is 33.2 Å². The van der Waals surface area contributed by atoms with Gasteiger partial charge in [-0.05, 0) is 81.9 Å². The molecule has 2 aliphatic heterocycles. The highest BCUT2D eigenvalue weighted by molar-refractivity contribution is 5.25. The molecule has 3 unspecified atom stereocenters. The van der Waals surface area contributed by atoms with Gasteiger partial charge < -0.3 is 10.6 Å². The van der Waals surface area contributed by atoms with E-state index in [2.05, 4.69) is 16.8 Å². The van der Waals surface area contributed by atoms with Crippen molar-refractivity contribution in [3.05, 3.63) is 34.9 Å². The SMILES string of the molecule is Cc1cc(F)c(CC(N)CCCN2CCC3CN(C)CC32)cc1F. The van der Waals surface area contributed by atoms with Crippen molar-refractivity contribution in [2.24, 2.45) is 11.7 Å². The molecule has 5 heteroatoms. The van der Waals surface area contributed by atoms with E-state index in [1.54, 1.807) is 6.92 Å². The van der Waals surface area contributed by atoms with E-state index in [0.717, 1.165) is 25.3 Å². The third kappa shape index (κ3) is 3.95. The molecular formula is C19H29F2N3. The number of halogens is 2. The van der Waals surface area contributed by atoms with Crippen molar-refractivity contribution in [3.8, 4) is 0 Å². The summed E-state index contributed by atoms with van der Waals surface area (Å²) in [6.45, 7) is 6.22. The quantitative estimate of drug-likeness (QED) is 0.866. The molecule has 24 heavy (non-hydrogen) atoms. The minimum atomic E-state index is -0.355. The Kier molecular flexibility index (Phi) is 5.52. The molecule has 0 saturated carbocycles. The van der Waals surface area contributed by atoms with Gasteiger partial charge in [-0.2, -0.15) is 0 Å². The van der Waals surface area contributed by atoms with Crippen molar-refractivity contribution in [1.29, 1.82) is 0 Å². The molecule has 134 valence electrons. The summed E-state index contributed by atoms with van der Waals surface area (Å²) < 4.78 is 27.5. The molecule has 0 spiro atoms. The van der Waals surface area contributed by atoms with Crippen LogP contribution in [0.2, 0.25) is 0 Å². The van der Waals surface area contributed by atoms with Gasteiger partial charge in [-0.1, -0.05) is 0 Å². The summed E-state index contributed by atoms with van der Waals surface area (Å²) in [5.41, 5.74) is 6.90. The molecule has 0 radical (unpaired) electrons. The van der Waals surface area contributed by atoms with Gasteiger partial charge in [0.2, 0.25) is 0 Å². The van der Waals surface area contributed by atoms with Crippen LogP contribution in [-0.4, -0.2) is 55.1 Å². The Balaban J connectivity index is 1.45. The lowest BCUT2D eigenvalue weighted by atomic mass is 10.0. The fraction of sp³-hybridized carbons (Fsp3) is 0.684. The molecular weight excluding hydrogens is 308 g/mol. The standard InChI is InChI=1S/C19H29F2N3/c1-13-8-18(21)15(10-17(13)20)9-16(22)4-3-6-24-7-5-14-11-23(2)12-19(14)24/h8,10,14,16,19H,3-7,9,11-12,22H2,1-2H3. The van der Waals surface area contributed by atoms with Gasteiger partial charge >= 0.3 is 0 Å². The van der Waals surface area contributed by atoms with Gasteiger partial charge in [0.15, 0.2) is 0 Å². The lowest BCUT2D eigenvalue weighted by Crippen LogP contribution is -2.36. The largest absolute Gasteiger partial charge is 0.327 e. The minimum absolute atomic E-state index is 0.119. The van der Waals surface area contributed by atoms with Gasteiger partial charge in [0.25, 0.3) is 0 Å². The first kappa shape index (κ1) is 17.8. The van der Waals surface area contributed by atoms with Crippen molar-refractivity contribution in [1.82, 2.24) is 9.80 Å². The topological polar surface area (TPSA) is 32.5 Å². The number of aryl methyl sites for hydroxylation is 1. The first-order valence-corrected chi connectivity index (χ1v) is 9.06. The summed E-state index contributed by atoms with van der Waals surface area (Å²) in [5, 5.41) is 0. The zero-order valence-corrected chi connectivity index (χ0v) is 14.8. The van der Waals surface area contributed by atoms with E-state index in [4.69, 9.17) is 5.73 Å². The average molecular weight is 337 g/mol. The fourth-order valence-electron chi connectivity index (χ4n) is 4.32. The second-order valence-electron chi connectivity index (χ2n) is 7.67. The molecule has 2 saturated heterocycles. The Morgan fingerprint density at radius 1 is 1.25 bits per heavy atom. The minimum Gasteiger partial charge on any atom is -0.327 e. The van der Waals surface area contributed by atoms with Crippen LogP contribution >= 0.6 is 0 Å². The third-order valence-corrected chi connectivity index (χ3v) is 5.68. The first-order valence-electron chi connectivity index (χ1n) is 9.06. The Morgan fingerprint density at radius 2 is 2.04 bits per heavy atom. The van der Waals surface area contributed by atoms with E-state index in [1.807, 2.05) is 0 Å². The van der Waals surface area contributed by atoms with Crippen LogP contribution in [-0.2, 0) is 6.42 Å². The molecule has 0 aliphatic carbocycles. The molecule has 3 atom stereocenters. The van der Waals surface area contributed by atoms with Crippen molar-refractivity contribution in [2.45, 2.75) is 44.7 Å². The second-order valence-corrected chi connectivity index (χ2v) is 7.67. The maximum Gasteiger partial charge on any atom is 0.126 e. The third-order valence-electron chi connectivity index (χ3n) is 5.68. The first-order chi connectivity index (χ1) is 11.4. The van der Waals surface area contributed by atoms with E-state index in [1.165, 1.54) is 38.2 Å². The van der Waals surface area contributed by atoms with E-state index in [0.29, 0.717) is 23.6 Å². The van der Waals surface area contributed by atoms with E-state index in [9.17, 15) is 8.78 Å². The zero-order valence-electron chi connectivity index (χ0n) is 14.8. The van der Waals surface area contributed by atoms with Crippen molar-refractivity contribution in [3.63, 3.8) is 0 Å². The molecule has 2 fully saturated rings. The van der Waals surface area contributed by atoms with Gasteiger partial charge in [0.1, 0.15) is 11.6 Å². The number of fused-ring (bicyclic) bond motifs is 1. The molecule has 0 amide bonds. The Bertz CT molecular complexity index is 578. The Morgan fingerprint density at radius 3 is 2.83 bits per heavy atom. The summed E-state index contributed by atoms with van der Waals surface area (Å²) in [6, 6.07) is 3.14. The molecule has 2 N–H and O–H groups in total. The highest BCUT2D eigenvalue weighted by Crippen LogP contribution is 2.30. The van der Waals surface area contributed by atoms with E-state index < -0.39 is 0 Å². The van der Waals surface area contributed by atoms with Crippen molar-refractivity contribution >= 4 is 0 Å². The molecule has 0 aromatic heterocycles.